The van der Waals surface area contributed by atoms with Gasteiger partial charge in [-0.15, -0.1) is 0 Å². The fourth-order valence-corrected chi connectivity index (χ4v) is 10.0. The summed E-state index contributed by atoms with van der Waals surface area (Å²) in [5.41, 5.74) is 10.1. The molecule has 0 bridgehead atoms. The van der Waals surface area contributed by atoms with Crippen LogP contribution in [0.4, 0.5) is 17.1 Å². The van der Waals surface area contributed by atoms with Gasteiger partial charge in [0.05, 0.1) is 0 Å². The molecule has 5 aliphatic rings. The molecule has 11 rings (SSSR count). The van der Waals surface area contributed by atoms with Crippen LogP contribution in [0.5, 0.6) is 0 Å². The van der Waals surface area contributed by atoms with E-state index in [0.29, 0.717) is 35.4 Å². The first kappa shape index (κ1) is 29.3. The number of para-hydroxylation sites is 2. The maximum absolute atomic E-state index is 5.14. The average molecular weight is 731 g/mol. The minimum absolute atomic E-state index is 0.0645. The standard InChI is InChI=1S/C42H25BN8Se/c1-4-14-26(15-5-1)37-44-40-45-38(27-16-6-2-7-17-27)47-42-49-39(48-41(46-37)51(40)42)28-24-33-36-35(25-28)52-34-23-13-11-21-31(34)43(36)30-20-10-12-22-32(30)50(33)29-18-8-3-9-19-29/h1-25H. The molecule has 5 heterocycles. The quantitative estimate of drug-likeness (QED) is 0.257. The summed E-state index contributed by atoms with van der Waals surface area (Å²) >= 11 is 0.0645. The summed E-state index contributed by atoms with van der Waals surface area (Å²) in [6.45, 7) is 0.125. The van der Waals surface area contributed by atoms with Crippen LogP contribution < -0.4 is 30.2 Å². The Bertz CT molecular complexity index is 2630. The summed E-state index contributed by atoms with van der Waals surface area (Å²) in [4.78, 5) is 34.1. The van der Waals surface area contributed by atoms with E-state index in [1.807, 2.05) is 60.7 Å². The summed E-state index contributed by atoms with van der Waals surface area (Å²) in [7, 11) is 0. The third kappa shape index (κ3) is 4.55. The van der Waals surface area contributed by atoms with Gasteiger partial charge in [0.1, 0.15) is 0 Å². The third-order valence-corrected chi connectivity index (χ3v) is 12.2. The Morgan fingerprint density at radius 2 is 0.923 bits per heavy atom. The van der Waals surface area contributed by atoms with Crippen LogP contribution in [-0.4, -0.2) is 62.0 Å². The second kappa shape index (κ2) is 11.5. The molecule has 0 fully saturated rings. The van der Waals surface area contributed by atoms with E-state index >= 15 is 0 Å². The van der Waals surface area contributed by atoms with Gasteiger partial charge >= 0.3 is 308 Å². The van der Waals surface area contributed by atoms with Gasteiger partial charge in [0.15, 0.2) is 0 Å². The Hall–Kier alpha value is -6.48. The zero-order chi connectivity index (χ0) is 34.2. The molecule has 0 amide bonds. The van der Waals surface area contributed by atoms with Crippen molar-refractivity contribution in [2.45, 2.75) is 0 Å². The number of amidine groups is 3. The molecule has 0 radical (unpaired) electrons. The Labute approximate surface area is 306 Å². The summed E-state index contributed by atoms with van der Waals surface area (Å²) in [5, 5.41) is 0. The van der Waals surface area contributed by atoms with Crippen LogP contribution in [0.15, 0.2) is 182 Å². The van der Waals surface area contributed by atoms with Crippen molar-refractivity contribution < 1.29 is 0 Å². The number of guanidine groups is 3. The van der Waals surface area contributed by atoms with Gasteiger partial charge in [-0.1, -0.05) is 0 Å². The first-order chi connectivity index (χ1) is 25.8. The van der Waals surface area contributed by atoms with E-state index in [2.05, 4.69) is 95.9 Å². The van der Waals surface area contributed by atoms with Gasteiger partial charge in [-0.25, -0.2) is 0 Å². The number of nitrogens with zero attached hydrogens (tertiary/aromatic N) is 8. The average Bonchev–Trinajstić information content (AvgIpc) is 3.21. The van der Waals surface area contributed by atoms with E-state index in [-0.39, 0.29) is 21.7 Å². The van der Waals surface area contributed by atoms with Crippen LogP contribution in [0.25, 0.3) is 0 Å². The van der Waals surface area contributed by atoms with Gasteiger partial charge in [0.2, 0.25) is 0 Å². The molecule has 5 aliphatic heterocycles. The van der Waals surface area contributed by atoms with E-state index in [4.69, 9.17) is 30.0 Å². The predicted octanol–water partition coefficient (Wildman–Crippen LogP) is 4.01. The molecule has 0 spiro atoms. The first-order valence-corrected chi connectivity index (χ1v) is 18.8. The van der Waals surface area contributed by atoms with Gasteiger partial charge in [-0.05, 0) is 0 Å². The molecular formula is C42H25BN8Se. The van der Waals surface area contributed by atoms with Gasteiger partial charge in [0.25, 0.3) is 0 Å². The molecule has 8 nitrogen and oxygen atoms in total. The zero-order valence-corrected chi connectivity index (χ0v) is 29.2. The fraction of sp³-hybridized carbons (Fsp3) is 0. The van der Waals surface area contributed by atoms with Crippen molar-refractivity contribution in [1.82, 2.24) is 4.90 Å². The van der Waals surface area contributed by atoms with Crippen LogP contribution in [0.2, 0.25) is 0 Å². The molecule has 6 aromatic carbocycles. The van der Waals surface area contributed by atoms with Crippen LogP contribution in [0.3, 0.4) is 0 Å². The molecule has 0 aliphatic carbocycles. The molecule has 10 heteroatoms. The Kier molecular flexibility index (Phi) is 6.49. The summed E-state index contributed by atoms with van der Waals surface area (Å²) in [5.74, 6) is 2.95. The topological polar surface area (TPSA) is 80.6 Å². The molecule has 0 atom stereocenters. The molecular weight excluding hydrogens is 706 g/mol. The predicted molar refractivity (Wildman–Crippen MR) is 214 cm³/mol. The van der Waals surface area contributed by atoms with Crippen molar-refractivity contribution in [2.24, 2.45) is 30.0 Å². The Morgan fingerprint density at radius 1 is 0.404 bits per heavy atom. The molecule has 0 aromatic heterocycles. The van der Waals surface area contributed by atoms with Crippen molar-refractivity contribution in [2.75, 3.05) is 4.90 Å². The van der Waals surface area contributed by atoms with Crippen molar-refractivity contribution in [1.29, 1.82) is 0 Å². The molecule has 6 aromatic rings. The zero-order valence-electron chi connectivity index (χ0n) is 27.5. The molecule has 0 N–H and O–H groups in total. The Balaban J connectivity index is 1.14. The number of hydrogen-bond acceptors (Lipinski definition) is 8. The van der Waals surface area contributed by atoms with Crippen LogP contribution in [0.1, 0.15) is 16.7 Å². The molecule has 0 unspecified atom stereocenters. The van der Waals surface area contributed by atoms with Gasteiger partial charge < -0.3 is 0 Å². The van der Waals surface area contributed by atoms with E-state index in [9.17, 15) is 0 Å². The van der Waals surface area contributed by atoms with Gasteiger partial charge in [0, 0.05) is 0 Å². The van der Waals surface area contributed by atoms with Gasteiger partial charge in [-0.3, -0.25) is 0 Å². The second-order valence-electron chi connectivity index (χ2n) is 12.8. The normalized spacial score (nSPS) is 16.2. The van der Waals surface area contributed by atoms with Crippen molar-refractivity contribution >= 4 is 99.4 Å². The summed E-state index contributed by atoms with van der Waals surface area (Å²) < 4.78 is 2.72. The molecule has 52 heavy (non-hydrogen) atoms. The van der Waals surface area contributed by atoms with Crippen LogP contribution in [-0.2, 0) is 0 Å². The van der Waals surface area contributed by atoms with Crippen LogP contribution >= 0.6 is 0 Å². The van der Waals surface area contributed by atoms with Crippen molar-refractivity contribution in [3.8, 4) is 0 Å². The van der Waals surface area contributed by atoms with E-state index < -0.39 is 0 Å². The maximum atomic E-state index is 5.14. The minimum atomic E-state index is 0.0645. The summed E-state index contributed by atoms with van der Waals surface area (Å²) in [6.07, 6.45) is 0. The number of hydrogen-bond donors (Lipinski definition) is 0. The summed E-state index contributed by atoms with van der Waals surface area (Å²) in [6, 6.07) is 52.8. The SMILES string of the molecule is c1ccc(C2=NC3=NC(c4ccccc4)=NC4=NC(c5cc6c7c(c5)N(c5ccccc5)c5ccccc5B7c5ccccc5[Se]6)=NC(=N2)N34)cc1. The molecule has 0 saturated carbocycles. The van der Waals surface area contributed by atoms with Crippen molar-refractivity contribution in [3.05, 3.63) is 168 Å². The molecule has 242 valence electrons. The second-order valence-corrected chi connectivity index (χ2v) is 15.1. The van der Waals surface area contributed by atoms with E-state index in [1.165, 1.54) is 31.0 Å². The number of aliphatic imine (C=N–C) groups is 6. The third-order valence-electron chi connectivity index (χ3n) is 9.76. The first-order valence-electron chi connectivity index (χ1n) is 17.1. The van der Waals surface area contributed by atoms with Crippen LogP contribution in [0, 0.1) is 0 Å². The van der Waals surface area contributed by atoms with E-state index in [0.717, 1.165) is 28.1 Å². The Morgan fingerprint density at radius 3 is 1.56 bits per heavy atom. The number of anilines is 3. The molecule has 0 saturated heterocycles. The van der Waals surface area contributed by atoms with E-state index in [1.54, 1.807) is 4.90 Å². The fourth-order valence-electron chi connectivity index (χ4n) is 7.48. The monoisotopic (exact) mass is 732 g/mol. The number of rotatable bonds is 4. The number of fused-ring (bicyclic) bond motifs is 4. The van der Waals surface area contributed by atoms with Gasteiger partial charge in [-0.2, -0.15) is 0 Å². The van der Waals surface area contributed by atoms with Crippen molar-refractivity contribution in [3.63, 3.8) is 0 Å². The number of benzene rings is 6.